The lowest BCUT2D eigenvalue weighted by Gasteiger charge is -2.21. The highest BCUT2D eigenvalue weighted by molar-refractivity contribution is 7.71. The van der Waals surface area contributed by atoms with E-state index in [9.17, 15) is 9.59 Å². The van der Waals surface area contributed by atoms with Gasteiger partial charge in [-0.3, -0.25) is 9.59 Å². The SMILES string of the molecule is C[C@@H](NC(=O)c1ccc[nH]c1=S)c1ccc2c(c1)NC(=O)CO2. The zero-order chi connectivity index (χ0) is 16.4. The lowest BCUT2D eigenvalue weighted by atomic mass is 10.1. The van der Waals surface area contributed by atoms with Gasteiger partial charge in [-0.15, -0.1) is 0 Å². The molecule has 7 heteroatoms. The summed E-state index contributed by atoms with van der Waals surface area (Å²) in [6.45, 7) is 1.88. The van der Waals surface area contributed by atoms with E-state index in [4.69, 9.17) is 17.0 Å². The number of amides is 2. The van der Waals surface area contributed by atoms with Crippen LogP contribution in [0.25, 0.3) is 0 Å². The molecule has 1 atom stereocenters. The topological polar surface area (TPSA) is 83.2 Å². The number of hydrogen-bond donors (Lipinski definition) is 3. The molecule has 0 radical (unpaired) electrons. The number of aromatic nitrogens is 1. The molecule has 0 unspecified atom stereocenters. The van der Waals surface area contributed by atoms with Crippen molar-refractivity contribution < 1.29 is 14.3 Å². The maximum Gasteiger partial charge on any atom is 0.262 e. The Bertz CT molecular complexity index is 831. The first-order valence-corrected chi connectivity index (χ1v) is 7.50. The zero-order valence-electron chi connectivity index (χ0n) is 12.4. The van der Waals surface area contributed by atoms with E-state index in [0.29, 0.717) is 21.6 Å². The van der Waals surface area contributed by atoms with Crippen LogP contribution in [0.3, 0.4) is 0 Å². The summed E-state index contributed by atoms with van der Waals surface area (Å²) in [5.41, 5.74) is 1.88. The Morgan fingerprint density at radius 2 is 2.22 bits per heavy atom. The first-order chi connectivity index (χ1) is 11.0. The van der Waals surface area contributed by atoms with E-state index in [1.807, 2.05) is 13.0 Å². The Balaban J connectivity index is 1.78. The molecule has 2 aromatic rings. The minimum absolute atomic E-state index is 0.0186. The number of H-pyrrole nitrogens is 1. The van der Waals surface area contributed by atoms with Crippen LogP contribution >= 0.6 is 12.2 Å². The van der Waals surface area contributed by atoms with E-state index in [1.54, 1.807) is 30.5 Å². The number of benzene rings is 1. The minimum atomic E-state index is -0.252. The first-order valence-electron chi connectivity index (χ1n) is 7.10. The molecule has 118 valence electrons. The third-order valence-corrected chi connectivity index (χ3v) is 3.88. The zero-order valence-corrected chi connectivity index (χ0v) is 13.2. The molecule has 0 saturated heterocycles. The summed E-state index contributed by atoms with van der Waals surface area (Å²) in [5, 5.41) is 5.64. The Kier molecular flexibility index (Phi) is 4.12. The highest BCUT2D eigenvalue weighted by atomic mass is 32.1. The van der Waals surface area contributed by atoms with Crippen molar-refractivity contribution in [2.24, 2.45) is 0 Å². The Morgan fingerprint density at radius 3 is 3.00 bits per heavy atom. The van der Waals surface area contributed by atoms with Crippen molar-refractivity contribution in [1.82, 2.24) is 10.3 Å². The van der Waals surface area contributed by atoms with E-state index in [-0.39, 0.29) is 24.5 Å². The number of pyridine rings is 1. The molecule has 1 aliphatic heterocycles. The predicted molar refractivity (Wildman–Crippen MR) is 88.1 cm³/mol. The molecule has 23 heavy (non-hydrogen) atoms. The van der Waals surface area contributed by atoms with E-state index in [1.165, 1.54) is 0 Å². The van der Waals surface area contributed by atoms with E-state index in [2.05, 4.69) is 15.6 Å². The molecule has 0 spiro atoms. The van der Waals surface area contributed by atoms with Gasteiger partial charge in [0, 0.05) is 6.20 Å². The second-order valence-electron chi connectivity index (χ2n) is 5.20. The fourth-order valence-electron chi connectivity index (χ4n) is 2.33. The Hall–Kier alpha value is -2.67. The fourth-order valence-corrected chi connectivity index (χ4v) is 2.56. The number of fused-ring (bicyclic) bond motifs is 1. The summed E-state index contributed by atoms with van der Waals surface area (Å²) in [6, 6.07) is 8.57. The summed E-state index contributed by atoms with van der Waals surface area (Å²) in [7, 11) is 0. The molecule has 0 saturated carbocycles. The number of nitrogens with one attached hydrogen (secondary N) is 3. The van der Waals surface area contributed by atoms with Crippen LogP contribution in [0.2, 0.25) is 0 Å². The molecule has 0 aliphatic carbocycles. The summed E-state index contributed by atoms with van der Waals surface area (Å²) < 4.78 is 5.71. The molecule has 0 fully saturated rings. The van der Waals surface area contributed by atoms with E-state index in [0.717, 1.165) is 5.56 Å². The third-order valence-electron chi connectivity index (χ3n) is 3.55. The Labute approximate surface area is 137 Å². The maximum absolute atomic E-state index is 12.3. The van der Waals surface area contributed by atoms with Crippen LogP contribution in [-0.2, 0) is 4.79 Å². The second-order valence-corrected chi connectivity index (χ2v) is 5.61. The van der Waals surface area contributed by atoms with Gasteiger partial charge >= 0.3 is 0 Å². The summed E-state index contributed by atoms with van der Waals surface area (Å²) in [5.74, 6) is 0.177. The molecule has 2 amide bonds. The van der Waals surface area contributed by atoms with Crippen LogP contribution in [0, 0.1) is 4.64 Å². The van der Waals surface area contributed by atoms with Gasteiger partial charge in [-0.05, 0) is 36.8 Å². The molecular weight excluding hydrogens is 314 g/mol. The van der Waals surface area contributed by atoms with Crippen molar-refractivity contribution in [3.05, 3.63) is 52.3 Å². The molecule has 2 heterocycles. The fraction of sp³-hybridized carbons (Fsp3) is 0.188. The minimum Gasteiger partial charge on any atom is -0.482 e. The lowest BCUT2D eigenvalue weighted by Crippen LogP contribution is -2.28. The van der Waals surface area contributed by atoms with Gasteiger partial charge in [0.2, 0.25) is 0 Å². The van der Waals surface area contributed by atoms with Crippen LogP contribution < -0.4 is 15.4 Å². The van der Waals surface area contributed by atoms with Crippen molar-refractivity contribution >= 4 is 29.7 Å². The molecule has 3 N–H and O–H groups in total. The van der Waals surface area contributed by atoms with E-state index < -0.39 is 0 Å². The molecule has 1 aliphatic rings. The van der Waals surface area contributed by atoms with Gasteiger partial charge in [0.1, 0.15) is 10.4 Å². The molecule has 1 aromatic carbocycles. The lowest BCUT2D eigenvalue weighted by molar-refractivity contribution is -0.118. The van der Waals surface area contributed by atoms with Crippen LogP contribution in [0.15, 0.2) is 36.5 Å². The number of carbonyl (C=O) groups is 2. The molecule has 6 nitrogen and oxygen atoms in total. The maximum atomic E-state index is 12.3. The van der Waals surface area contributed by atoms with Crippen molar-refractivity contribution in [2.75, 3.05) is 11.9 Å². The summed E-state index contributed by atoms with van der Waals surface area (Å²) in [6.07, 6.45) is 1.68. The van der Waals surface area contributed by atoms with Crippen LogP contribution in [0.1, 0.15) is 28.9 Å². The van der Waals surface area contributed by atoms with Crippen molar-refractivity contribution in [3.8, 4) is 5.75 Å². The normalized spacial score (nSPS) is 14.2. The van der Waals surface area contributed by atoms with Gasteiger partial charge in [0.25, 0.3) is 11.8 Å². The molecule has 3 rings (SSSR count). The summed E-state index contributed by atoms with van der Waals surface area (Å²) in [4.78, 5) is 26.5. The van der Waals surface area contributed by atoms with Crippen LogP contribution in [-0.4, -0.2) is 23.4 Å². The first kappa shape index (κ1) is 15.2. The molecular formula is C16H15N3O3S. The van der Waals surface area contributed by atoms with Crippen LogP contribution in [0.5, 0.6) is 5.75 Å². The summed E-state index contributed by atoms with van der Waals surface area (Å²) >= 11 is 5.11. The van der Waals surface area contributed by atoms with Crippen molar-refractivity contribution in [3.63, 3.8) is 0 Å². The molecule has 0 bridgehead atoms. The quantitative estimate of drug-likeness (QED) is 0.756. The predicted octanol–water partition coefficient (Wildman–Crippen LogP) is 2.57. The number of hydrogen-bond acceptors (Lipinski definition) is 4. The second kappa shape index (κ2) is 6.21. The largest absolute Gasteiger partial charge is 0.482 e. The van der Waals surface area contributed by atoms with Gasteiger partial charge in [-0.2, -0.15) is 0 Å². The number of aromatic amines is 1. The van der Waals surface area contributed by atoms with Crippen molar-refractivity contribution in [2.45, 2.75) is 13.0 Å². The highest BCUT2D eigenvalue weighted by Crippen LogP contribution is 2.30. The van der Waals surface area contributed by atoms with E-state index >= 15 is 0 Å². The Morgan fingerprint density at radius 1 is 1.39 bits per heavy atom. The number of ether oxygens (including phenoxy) is 1. The number of rotatable bonds is 3. The monoisotopic (exact) mass is 329 g/mol. The van der Waals surface area contributed by atoms with Gasteiger partial charge in [0.15, 0.2) is 6.61 Å². The molecule has 1 aromatic heterocycles. The third kappa shape index (κ3) is 3.24. The van der Waals surface area contributed by atoms with Crippen LogP contribution in [0.4, 0.5) is 5.69 Å². The van der Waals surface area contributed by atoms with Gasteiger partial charge < -0.3 is 20.4 Å². The number of carbonyl (C=O) groups excluding carboxylic acids is 2. The van der Waals surface area contributed by atoms with Crippen molar-refractivity contribution in [1.29, 1.82) is 0 Å². The standard InChI is InChI=1S/C16H15N3O3S/c1-9(18-15(21)11-3-2-6-17-16(11)23)10-4-5-13-12(7-10)19-14(20)8-22-13/h2-7,9H,8H2,1H3,(H,17,23)(H,18,21)(H,19,20)/t9-/m1/s1. The van der Waals surface area contributed by atoms with Gasteiger partial charge in [-0.25, -0.2) is 0 Å². The smallest absolute Gasteiger partial charge is 0.262 e. The average molecular weight is 329 g/mol. The van der Waals surface area contributed by atoms with Gasteiger partial charge in [-0.1, -0.05) is 18.3 Å². The highest BCUT2D eigenvalue weighted by Gasteiger charge is 2.18. The number of anilines is 1. The average Bonchev–Trinajstić information content (AvgIpc) is 2.54. The van der Waals surface area contributed by atoms with Gasteiger partial charge in [0.05, 0.1) is 17.3 Å².